The Morgan fingerprint density at radius 3 is 2.52 bits per heavy atom. The first-order chi connectivity index (χ1) is 15.2. The lowest BCUT2D eigenvalue weighted by atomic mass is 10.00. The highest BCUT2D eigenvalue weighted by Crippen LogP contribution is 2.39. The summed E-state index contributed by atoms with van der Waals surface area (Å²) in [5.41, 5.74) is 8.85. The SMILES string of the molecule is C=CSc1ccc(N(C)/C(N)=C/C=C\Cc2ccccc2)c2c1ccc1ccccc12. The number of thioether (sulfide) groups is 1. The van der Waals surface area contributed by atoms with Gasteiger partial charge in [-0.3, -0.25) is 0 Å². The first-order valence-corrected chi connectivity index (χ1v) is 11.2. The minimum atomic E-state index is 0.697. The molecule has 0 aliphatic rings. The molecule has 0 atom stereocenters. The minimum Gasteiger partial charge on any atom is -0.385 e. The van der Waals surface area contributed by atoms with E-state index in [1.807, 2.05) is 30.7 Å². The molecule has 0 aliphatic carbocycles. The van der Waals surface area contributed by atoms with Crippen molar-refractivity contribution in [2.75, 3.05) is 11.9 Å². The van der Waals surface area contributed by atoms with E-state index in [2.05, 4.69) is 90.4 Å². The van der Waals surface area contributed by atoms with Crippen LogP contribution in [0.25, 0.3) is 21.5 Å². The normalized spacial score (nSPS) is 12.0. The Morgan fingerprint density at radius 2 is 1.71 bits per heavy atom. The van der Waals surface area contributed by atoms with Gasteiger partial charge < -0.3 is 10.6 Å². The van der Waals surface area contributed by atoms with Crippen LogP contribution in [0.5, 0.6) is 0 Å². The van der Waals surface area contributed by atoms with Crippen LogP contribution in [-0.2, 0) is 6.42 Å². The molecular weight excluding hydrogens is 396 g/mol. The third kappa shape index (κ3) is 4.52. The molecule has 0 aliphatic heterocycles. The van der Waals surface area contributed by atoms with Crippen LogP contribution in [0.2, 0.25) is 0 Å². The summed E-state index contributed by atoms with van der Waals surface area (Å²) in [5, 5.41) is 6.73. The third-order valence-electron chi connectivity index (χ3n) is 5.40. The van der Waals surface area contributed by atoms with Gasteiger partial charge in [-0.2, -0.15) is 0 Å². The Hall–Kier alpha value is -3.43. The van der Waals surface area contributed by atoms with Crippen LogP contribution in [0.15, 0.2) is 120 Å². The molecule has 31 heavy (non-hydrogen) atoms. The van der Waals surface area contributed by atoms with Crippen molar-refractivity contribution >= 4 is 39.0 Å². The first-order valence-electron chi connectivity index (χ1n) is 10.3. The molecule has 0 bridgehead atoms. The predicted octanol–water partition coefficient (Wildman–Crippen LogP) is 7.26. The van der Waals surface area contributed by atoms with Gasteiger partial charge in [0.05, 0.1) is 5.69 Å². The van der Waals surface area contributed by atoms with Gasteiger partial charge in [-0.05, 0) is 51.8 Å². The fourth-order valence-corrected chi connectivity index (χ4v) is 4.41. The highest BCUT2D eigenvalue weighted by molar-refractivity contribution is 8.02. The number of nitrogens with zero attached hydrogens (tertiary/aromatic N) is 1. The predicted molar refractivity (Wildman–Crippen MR) is 137 cm³/mol. The average molecular weight is 423 g/mol. The minimum absolute atomic E-state index is 0.697. The quantitative estimate of drug-likeness (QED) is 0.193. The number of allylic oxidation sites excluding steroid dienone is 3. The highest BCUT2D eigenvalue weighted by Gasteiger charge is 2.13. The molecule has 0 spiro atoms. The third-order valence-corrected chi connectivity index (χ3v) is 6.18. The smallest absolute Gasteiger partial charge is 0.103 e. The Morgan fingerprint density at radius 1 is 0.935 bits per heavy atom. The summed E-state index contributed by atoms with van der Waals surface area (Å²) in [7, 11) is 2.02. The van der Waals surface area contributed by atoms with Crippen molar-refractivity contribution in [2.45, 2.75) is 11.3 Å². The van der Waals surface area contributed by atoms with Crippen LogP contribution in [-0.4, -0.2) is 7.05 Å². The maximum atomic E-state index is 6.47. The van der Waals surface area contributed by atoms with Crippen molar-refractivity contribution in [3.8, 4) is 0 Å². The summed E-state index contributed by atoms with van der Waals surface area (Å²) >= 11 is 1.65. The van der Waals surface area contributed by atoms with E-state index >= 15 is 0 Å². The molecule has 154 valence electrons. The molecule has 0 fully saturated rings. The van der Waals surface area contributed by atoms with Gasteiger partial charge in [0.25, 0.3) is 0 Å². The van der Waals surface area contributed by atoms with Crippen LogP contribution >= 0.6 is 11.8 Å². The topological polar surface area (TPSA) is 29.3 Å². The molecule has 0 aromatic heterocycles. The van der Waals surface area contributed by atoms with Gasteiger partial charge in [-0.1, -0.05) is 97.2 Å². The van der Waals surface area contributed by atoms with Crippen LogP contribution in [0.1, 0.15) is 5.56 Å². The van der Waals surface area contributed by atoms with E-state index < -0.39 is 0 Å². The summed E-state index contributed by atoms with van der Waals surface area (Å²) in [6.07, 6.45) is 7.01. The molecule has 0 heterocycles. The fraction of sp³-hybridized carbons (Fsp3) is 0.0714. The van der Waals surface area contributed by atoms with Crippen molar-refractivity contribution in [2.24, 2.45) is 5.73 Å². The molecule has 3 heteroatoms. The maximum Gasteiger partial charge on any atom is 0.103 e. The molecule has 0 amide bonds. The fourth-order valence-electron chi connectivity index (χ4n) is 3.79. The zero-order chi connectivity index (χ0) is 21.6. The lowest BCUT2D eigenvalue weighted by Crippen LogP contribution is -2.22. The lowest BCUT2D eigenvalue weighted by molar-refractivity contribution is 1.07. The van der Waals surface area contributed by atoms with Crippen LogP contribution in [0, 0.1) is 0 Å². The summed E-state index contributed by atoms with van der Waals surface area (Å²) in [6, 6.07) is 27.6. The van der Waals surface area contributed by atoms with Gasteiger partial charge in [0.1, 0.15) is 5.82 Å². The second-order valence-corrected chi connectivity index (χ2v) is 8.35. The number of hydrogen-bond acceptors (Lipinski definition) is 3. The largest absolute Gasteiger partial charge is 0.385 e. The Labute approximate surface area is 188 Å². The number of benzene rings is 4. The van der Waals surface area contributed by atoms with Gasteiger partial charge in [0.2, 0.25) is 0 Å². The molecule has 0 unspecified atom stereocenters. The summed E-state index contributed by atoms with van der Waals surface area (Å²) in [6.45, 7) is 3.89. The molecule has 4 aromatic rings. The van der Waals surface area contributed by atoms with E-state index in [1.165, 1.54) is 32.0 Å². The van der Waals surface area contributed by atoms with Crippen LogP contribution in [0.4, 0.5) is 5.69 Å². The van der Waals surface area contributed by atoms with Gasteiger partial charge >= 0.3 is 0 Å². The van der Waals surface area contributed by atoms with Crippen molar-refractivity contribution in [3.05, 3.63) is 120 Å². The Balaban J connectivity index is 1.71. The molecule has 4 aromatic carbocycles. The average Bonchev–Trinajstić information content (AvgIpc) is 2.82. The first kappa shape index (κ1) is 20.8. The van der Waals surface area contributed by atoms with Crippen molar-refractivity contribution in [1.29, 1.82) is 0 Å². The Kier molecular flexibility index (Phi) is 6.44. The van der Waals surface area contributed by atoms with Crippen molar-refractivity contribution < 1.29 is 0 Å². The second kappa shape index (κ2) is 9.59. The van der Waals surface area contributed by atoms with E-state index in [9.17, 15) is 0 Å². The summed E-state index contributed by atoms with van der Waals surface area (Å²) < 4.78 is 0. The van der Waals surface area contributed by atoms with E-state index in [0.717, 1.165) is 12.1 Å². The Bertz CT molecular complexity index is 1270. The van der Waals surface area contributed by atoms with E-state index in [0.29, 0.717) is 5.82 Å². The number of fused-ring (bicyclic) bond motifs is 3. The van der Waals surface area contributed by atoms with Gasteiger partial charge in [-0.25, -0.2) is 0 Å². The van der Waals surface area contributed by atoms with E-state index in [-0.39, 0.29) is 0 Å². The number of hydrogen-bond donors (Lipinski definition) is 1. The molecule has 0 radical (unpaired) electrons. The number of anilines is 1. The van der Waals surface area contributed by atoms with Gasteiger partial charge in [0, 0.05) is 17.3 Å². The van der Waals surface area contributed by atoms with Crippen molar-refractivity contribution in [1.82, 2.24) is 0 Å². The van der Waals surface area contributed by atoms with E-state index in [4.69, 9.17) is 5.73 Å². The molecule has 2 N–H and O–H groups in total. The standard InChI is InChI=1S/C28H26N2S/c1-3-31-26-20-19-25(28-23-15-9-8-14-22(23)17-18-24(26)28)30(2)27(29)16-10-7-13-21-11-5-4-6-12-21/h3-12,14-20H,1,13,29H2,2H3/b10-7-,27-16+. The van der Waals surface area contributed by atoms with Crippen LogP contribution in [0.3, 0.4) is 0 Å². The van der Waals surface area contributed by atoms with Gasteiger partial charge in [-0.15, -0.1) is 0 Å². The molecule has 4 rings (SSSR count). The molecular formula is C28H26N2S. The molecule has 0 saturated heterocycles. The molecule has 2 nitrogen and oxygen atoms in total. The molecule has 0 saturated carbocycles. The monoisotopic (exact) mass is 422 g/mol. The number of rotatable bonds is 7. The van der Waals surface area contributed by atoms with Crippen LogP contribution < -0.4 is 10.6 Å². The highest BCUT2D eigenvalue weighted by atomic mass is 32.2. The van der Waals surface area contributed by atoms with E-state index in [1.54, 1.807) is 11.8 Å². The second-order valence-electron chi connectivity index (χ2n) is 7.35. The summed E-state index contributed by atoms with van der Waals surface area (Å²) in [5.74, 6) is 0.697. The van der Waals surface area contributed by atoms with Crippen molar-refractivity contribution in [3.63, 3.8) is 0 Å². The summed E-state index contributed by atoms with van der Waals surface area (Å²) in [4.78, 5) is 3.25. The lowest BCUT2D eigenvalue weighted by Gasteiger charge is -2.23. The zero-order valence-electron chi connectivity index (χ0n) is 17.7. The number of nitrogens with two attached hydrogens (primary N) is 1. The zero-order valence-corrected chi connectivity index (χ0v) is 18.5. The maximum absolute atomic E-state index is 6.47. The van der Waals surface area contributed by atoms with Gasteiger partial charge in [0.15, 0.2) is 0 Å².